The molecule has 3 aromatic rings. The lowest BCUT2D eigenvalue weighted by atomic mass is 10.1. The summed E-state index contributed by atoms with van der Waals surface area (Å²) in [7, 11) is 0. The van der Waals surface area contributed by atoms with Crippen LogP contribution in [0.5, 0.6) is 5.75 Å². The highest BCUT2D eigenvalue weighted by Crippen LogP contribution is 2.32. The van der Waals surface area contributed by atoms with Gasteiger partial charge in [0.25, 0.3) is 5.91 Å². The minimum atomic E-state index is -4.34. The number of halogens is 3. The Bertz CT molecular complexity index is 1300. The number of hydrogen-bond acceptors (Lipinski definition) is 6. The summed E-state index contributed by atoms with van der Waals surface area (Å²) in [5.74, 6) is 0.417. The number of hydrogen-bond donors (Lipinski definition) is 2. The van der Waals surface area contributed by atoms with Gasteiger partial charge in [-0.3, -0.25) is 4.79 Å². The number of amides is 2. The Morgan fingerprint density at radius 2 is 1.68 bits per heavy atom. The van der Waals surface area contributed by atoms with Crippen LogP contribution >= 0.6 is 11.3 Å². The van der Waals surface area contributed by atoms with Crippen molar-refractivity contribution in [1.82, 2.24) is 15.2 Å². The molecule has 8 nitrogen and oxygen atoms in total. The second kappa shape index (κ2) is 10.7. The van der Waals surface area contributed by atoms with Gasteiger partial charge in [0.05, 0.1) is 15.8 Å². The molecule has 0 saturated carbocycles. The third-order valence-corrected chi connectivity index (χ3v) is 7.98. The molecule has 0 spiro atoms. The van der Waals surface area contributed by atoms with E-state index in [4.69, 9.17) is 9.84 Å². The van der Waals surface area contributed by atoms with Crippen molar-refractivity contribution < 1.29 is 32.6 Å². The number of nitrogens with zero attached hydrogens (tertiary/aromatic N) is 3. The molecule has 0 bridgehead atoms. The van der Waals surface area contributed by atoms with Gasteiger partial charge < -0.3 is 25.0 Å². The summed E-state index contributed by atoms with van der Waals surface area (Å²) in [6.45, 7) is 2.14. The minimum absolute atomic E-state index is 0.0227. The van der Waals surface area contributed by atoms with E-state index in [1.165, 1.54) is 28.4 Å². The largest absolute Gasteiger partial charge is 0.490 e. The summed E-state index contributed by atoms with van der Waals surface area (Å²) in [5.41, 5.74) is 0.811. The molecule has 5 rings (SSSR count). The molecule has 2 amide bonds. The monoisotopic (exact) mass is 548 g/mol. The molecule has 2 fully saturated rings. The van der Waals surface area contributed by atoms with Crippen molar-refractivity contribution in [2.75, 3.05) is 31.1 Å². The second-order valence-electron chi connectivity index (χ2n) is 9.51. The van der Waals surface area contributed by atoms with Crippen LogP contribution in [-0.2, 0) is 6.18 Å². The van der Waals surface area contributed by atoms with Crippen molar-refractivity contribution >= 4 is 39.2 Å². The van der Waals surface area contributed by atoms with Crippen LogP contribution in [0.15, 0.2) is 42.5 Å². The van der Waals surface area contributed by atoms with E-state index in [0.29, 0.717) is 55.3 Å². The van der Waals surface area contributed by atoms with Gasteiger partial charge in [-0.05, 0) is 55.3 Å². The zero-order valence-corrected chi connectivity index (χ0v) is 21.2. The maximum absolute atomic E-state index is 12.8. The fourth-order valence-corrected chi connectivity index (χ4v) is 5.72. The Labute approximate surface area is 221 Å². The van der Waals surface area contributed by atoms with Gasteiger partial charge in [0.15, 0.2) is 5.01 Å². The van der Waals surface area contributed by atoms with Gasteiger partial charge in [-0.25, -0.2) is 9.78 Å². The standard InChI is InChI=1S/C26H27F3N4O4S/c27-26(28,29)16-1-3-18(4-2-16)32-13-9-19(10-14-32)37-20-5-6-21-22(15-20)38-24(31-21)23(34)30-17-7-11-33(12-8-17)25(35)36/h1-6,15,17,19H,7-14H2,(H,30,34)(H,35,36). The van der Waals surface area contributed by atoms with Crippen LogP contribution in [0.2, 0.25) is 0 Å². The van der Waals surface area contributed by atoms with Crippen LogP contribution in [0.1, 0.15) is 41.0 Å². The molecular formula is C26H27F3N4O4S. The van der Waals surface area contributed by atoms with E-state index >= 15 is 0 Å². The quantitative estimate of drug-likeness (QED) is 0.453. The van der Waals surface area contributed by atoms with E-state index in [2.05, 4.69) is 15.2 Å². The van der Waals surface area contributed by atoms with E-state index in [9.17, 15) is 22.8 Å². The summed E-state index contributed by atoms with van der Waals surface area (Å²) < 4.78 is 45.5. The average Bonchev–Trinajstić information content (AvgIpc) is 3.33. The number of fused-ring (bicyclic) bond motifs is 1. The molecule has 2 aliphatic heterocycles. The van der Waals surface area contributed by atoms with Crippen LogP contribution in [-0.4, -0.2) is 65.3 Å². The lowest BCUT2D eigenvalue weighted by molar-refractivity contribution is -0.137. The van der Waals surface area contributed by atoms with Gasteiger partial charge in [0.1, 0.15) is 11.9 Å². The third kappa shape index (κ3) is 5.95. The van der Waals surface area contributed by atoms with Gasteiger partial charge in [0.2, 0.25) is 0 Å². The Balaban J connectivity index is 1.14. The van der Waals surface area contributed by atoms with Crippen LogP contribution in [0.25, 0.3) is 10.2 Å². The summed E-state index contributed by atoms with van der Waals surface area (Å²) in [6.07, 6.45) is -2.71. The molecule has 2 saturated heterocycles. The maximum Gasteiger partial charge on any atom is 0.416 e. The van der Waals surface area contributed by atoms with Gasteiger partial charge >= 0.3 is 12.3 Å². The number of carboxylic acid groups (broad SMARTS) is 1. The van der Waals surface area contributed by atoms with Crippen molar-refractivity contribution in [1.29, 1.82) is 0 Å². The molecule has 3 heterocycles. The molecule has 12 heteroatoms. The first kappa shape index (κ1) is 26.1. The number of carbonyl (C=O) groups excluding carboxylic acids is 1. The van der Waals surface area contributed by atoms with Gasteiger partial charge in [0, 0.05) is 50.7 Å². The van der Waals surface area contributed by atoms with Crippen molar-refractivity contribution in [3.63, 3.8) is 0 Å². The van der Waals surface area contributed by atoms with E-state index in [1.807, 2.05) is 18.2 Å². The van der Waals surface area contributed by atoms with Crippen LogP contribution in [0.3, 0.4) is 0 Å². The first-order chi connectivity index (χ1) is 18.2. The summed E-state index contributed by atoms with van der Waals surface area (Å²) in [6, 6.07) is 10.7. The van der Waals surface area contributed by atoms with Crippen molar-refractivity contribution in [2.45, 2.75) is 44.0 Å². The topological polar surface area (TPSA) is 95.0 Å². The number of ether oxygens (including phenoxy) is 1. The number of benzene rings is 2. The summed E-state index contributed by atoms with van der Waals surface area (Å²) >= 11 is 1.28. The molecule has 1 aromatic heterocycles. The minimum Gasteiger partial charge on any atom is -0.490 e. The Hall–Kier alpha value is -3.54. The number of anilines is 1. The first-order valence-corrected chi connectivity index (χ1v) is 13.3. The highest BCUT2D eigenvalue weighted by atomic mass is 32.1. The normalized spacial score (nSPS) is 17.6. The zero-order chi connectivity index (χ0) is 26.9. The first-order valence-electron chi connectivity index (χ1n) is 12.4. The number of thiazole rings is 1. The Kier molecular flexibility index (Phi) is 7.33. The number of piperidine rings is 2. The number of rotatable bonds is 5. The molecular weight excluding hydrogens is 521 g/mol. The average molecular weight is 549 g/mol. The lowest BCUT2D eigenvalue weighted by Gasteiger charge is -2.33. The van der Waals surface area contributed by atoms with Crippen molar-refractivity contribution in [3.8, 4) is 5.75 Å². The lowest BCUT2D eigenvalue weighted by Crippen LogP contribution is -2.46. The fourth-order valence-electron chi connectivity index (χ4n) is 4.82. The van der Waals surface area contributed by atoms with E-state index < -0.39 is 17.8 Å². The maximum atomic E-state index is 12.8. The van der Waals surface area contributed by atoms with Gasteiger partial charge in [-0.1, -0.05) is 0 Å². The molecule has 2 N–H and O–H groups in total. The van der Waals surface area contributed by atoms with Crippen LogP contribution in [0, 0.1) is 0 Å². The predicted molar refractivity (Wildman–Crippen MR) is 137 cm³/mol. The highest BCUT2D eigenvalue weighted by Gasteiger charge is 2.30. The van der Waals surface area contributed by atoms with Crippen LogP contribution in [0.4, 0.5) is 23.7 Å². The third-order valence-electron chi connectivity index (χ3n) is 6.96. The second-order valence-corrected chi connectivity index (χ2v) is 10.5. The van der Waals surface area contributed by atoms with Gasteiger partial charge in [-0.2, -0.15) is 13.2 Å². The zero-order valence-electron chi connectivity index (χ0n) is 20.4. The number of alkyl halides is 3. The van der Waals surface area contributed by atoms with E-state index in [-0.39, 0.29) is 18.1 Å². The molecule has 38 heavy (non-hydrogen) atoms. The van der Waals surface area contributed by atoms with E-state index in [1.54, 1.807) is 0 Å². The summed E-state index contributed by atoms with van der Waals surface area (Å²) in [4.78, 5) is 31.6. The molecule has 0 aliphatic carbocycles. The molecule has 0 unspecified atom stereocenters. The number of aromatic nitrogens is 1. The Morgan fingerprint density at radius 3 is 2.32 bits per heavy atom. The number of nitrogens with one attached hydrogen (secondary N) is 1. The molecule has 2 aliphatic rings. The van der Waals surface area contributed by atoms with Crippen molar-refractivity contribution in [3.05, 3.63) is 53.0 Å². The number of carbonyl (C=O) groups is 2. The molecule has 0 radical (unpaired) electrons. The fraction of sp³-hybridized carbons (Fsp3) is 0.423. The van der Waals surface area contributed by atoms with E-state index in [0.717, 1.165) is 35.4 Å². The predicted octanol–water partition coefficient (Wildman–Crippen LogP) is 5.24. The molecule has 0 atom stereocenters. The SMILES string of the molecule is O=C(NC1CCN(C(=O)O)CC1)c1nc2ccc(OC3CCN(c4ccc(C(F)(F)F)cc4)CC3)cc2s1. The number of likely N-dealkylation sites (tertiary alicyclic amines) is 1. The van der Waals surface area contributed by atoms with Crippen LogP contribution < -0.4 is 15.0 Å². The Morgan fingerprint density at radius 1 is 1.00 bits per heavy atom. The van der Waals surface area contributed by atoms with Crippen molar-refractivity contribution in [2.24, 2.45) is 0 Å². The summed E-state index contributed by atoms with van der Waals surface area (Å²) in [5, 5.41) is 12.4. The molecule has 202 valence electrons. The highest BCUT2D eigenvalue weighted by molar-refractivity contribution is 7.20. The smallest absolute Gasteiger partial charge is 0.416 e. The van der Waals surface area contributed by atoms with Gasteiger partial charge in [-0.15, -0.1) is 11.3 Å². The molecule has 2 aromatic carbocycles.